The molecule has 0 fully saturated rings. The van der Waals surface area contributed by atoms with Crippen molar-refractivity contribution in [3.8, 4) is 0 Å². The van der Waals surface area contributed by atoms with Crippen LogP contribution in [0.2, 0.25) is 0 Å². The smallest absolute Gasteiger partial charge is 0.107 e. The maximum atomic E-state index is 5.85. The molecule has 0 saturated heterocycles. The highest BCUT2D eigenvalue weighted by Gasteiger charge is 2.07. The van der Waals surface area contributed by atoms with Crippen molar-refractivity contribution in [2.75, 3.05) is 13.2 Å². The van der Waals surface area contributed by atoms with Crippen molar-refractivity contribution in [1.29, 1.82) is 0 Å². The van der Waals surface area contributed by atoms with Crippen molar-refractivity contribution >= 4 is 11.3 Å². The predicted octanol–water partition coefficient (Wildman–Crippen LogP) is 4.62. The first-order valence-electron chi connectivity index (χ1n) is 8.37. The lowest BCUT2D eigenvalue weighted by atomic mass is 10.0. The van der Waals surface area contributed by atoms with E-state index in [0.717, 1.165) is 30.4 Å². The zero-order valence-electron chi connectivity index (χ0n) is 14.2. The number of thiazole rings is 1. The van der Waals surface area contributed by atoms with E-state index in [1.165, 1.54) is 25.7 Å². The minimum Gasteiger partial charge on any atom is -0.375 e. The minimum absolute atomic E-state index is 0.656. The fourth-order valence-electron chi connectivity index (χ4n) is 2.19. The van der Waals surface area contributed by atoms with Gasteiger partial charge in [0.2, 0.25) is 0 Å². The van der Waals surface area contributed by atoms with Gasteiger partial charge in [0.25, 0.3) is 0 Å². The third-order valence-corrected chi connectivity index (χ3v) is 4.47. The van der Waals surface area contributed by atoms with Crippen molar-refractivity contribution < 1.29 is 4.74 Å². The van der Waals surface area contributed by atoms with E-state index in [9.17, 15) is 0 Å². The van der Waals surface area contributed by atoms with Gasteiger partial charge in [-0.05, 0) is 24.8 Å². The summed E-state index contributed by atoms with van der Waals surface area (Å²) >= 11 is 1.73. The zero-order valence-corrected chi connectivity index (χ0v) is 15.0. The molecule has 1 aromatic rings. The molecule has 0 aliphatic carbocycles. The Bertz CT molecular complexity index is 365. The van der Waals surface area contributed by atoms with Crippen LogP contribution in [0.1, 0.15) is 64.1 Å². The fraction of sp³-hybridized carbons (Fsp3) is 0.824. The molecule has 1 heterocycles. The number of hydrogen-bond acceptors (Lipinski definition) is 4. The third kappa shape index (κ3) is 8.54. The minimum atomic E-state index is 0.656. The molecule has 0 saturated carbocycles. The number of nitrogens with one attached hydrogen (secondary N) is 1. The van der Waals surface area contributed by atoms with Crippen molar-refractivity contribution in [3.63, 3.8) is 0 Å². The highest BCUT2D eigenvalue weighted by molar-refractivity contribution is 7.09. The highest BCUT2D eigenvalue weighted by atomic mass is 32.1. The summed E-state index contributed by atoms with van der Waals surface area (Å²) in [5.41, 5.74) is 1.08. The highest BCUT2D eigenvalue weighted by Crippen LogP contribution is 2.15. The van der Waals surface area contributed by atoms with Gasteiger partial charge < -0.3 is 10.1 Å². The number of nitrogens with zero attached hydrogens (tertiary/aromatic N) is 1. The average molecular weight is 313 g/mol. The third-order valence-electron chi connectivity index (χ3n) is 3.57. The van der Waals surface area contributed by atoms with Crippen LogP contribution >= 0.6 is 11.3 Å². The Kier molecular flexibility index (Phi) is 9.89. The first-order chi connectivity index (χ1) is 10.2. The Morgan fingerprint density at radius 2 is 2.14 bits per heavy atom. The van der Waals surface area contributed by atoms with Gasteiger partial charge in [-0.2, -0.15) is 0 Å². The average Bonchev–Trinajstić information content (AvgIpc) is 2.90. The first-order valence-corrected chi connectivity index (χ1v) is 9.25. The van der Waals surface area contributed by atoms with Crippen molar-refractivity contribution in [2.45, 2.75) is 66.5 Å². The van der Waals surface area contributed by atoms with Crippen molar-refractivity contribution in [2.24, 2.45) is 11.8 Å². The van der Waals surface area contributed by atoms with Gasteiger partial charge >= 0.3 is 0 Å². The number of rotatable bonds is 12. The predicted molar refractivity (Wildman–Crippen MR) is 91.6 cm³/mol. The van der Waals surface area contributed by atoms with E-state index >= 15 is 0 Å². The van der Waals surface area contributed by atoms with E-state index in [-0.39, 0.29) is 0 Å². The summed E-state index contributed by atoms with van der Waals surface area (Å²) in [4.78, 5) is 4.62. The molecular formula is C17H32N2OS. The summed E-state index contributed by atoms with van der Waals surface area (Å²) in [5, 5.41) is 6.71. The molecule has 21 heavy (non-hydrogen) atoms. The lowest BCUT2D eigenvalue weighted by Gasteiger charge is -2.13. The Morgan fingerprint density at radius 3 is 2.81 bits per heavy atom. The summed E-state index contributed by atoms with van der Waals surface area (Å²) in [6.07, 6.45) is 5.08. The maximum absolute atomic E-state index is 5.85. The molecule has 0 aromatic carbocycles. The lowest BCUT2D eigenvalue weighted by molar-refractivity contribution is 0.0801. The number of ether oxygens (including phenoxy) is 1. The topological polar surface area (TPSA) is 34.1 Å². The molecule has 1 aromatic heterocycles. The second kappa shape index (κ2) is 11.2. The molecule has 1 atom stereocenters. The SMILES string of the molecule is CCCCC(CC)COCc1csc(CNCC(C)C)n1. The summed E-state index contributed by atoms with van der Waals surface area (Å²) in [7, 11) is 0. The van der Waals surface area contributed by atoms with Gasteiger partial charge in [0.05, 0.1) is 12.3 Å². The second-order valence-electron chi connectivity index (χ2n) is 6.19. The molecule has 122 valence electrons. The molecule has 0 radical (unpaired) electrons. The molecule has 1 N–H and O–H groups in total. The Hall–Kier alpha value is -0.450. The van der Waals surface area contributed by atoms with Crippen LogP contribution in [-0.4, -0.2) is 18.1 Å². The van der Waals surface area contributed by atoms with E-state index in [0.29, 0.717) is 18.4 Å². The molecule has 0 amide bonds. The van der Waals surface area contributed by atoms with Gasteiger partial charge in [-0.3, -0.25) is 0 Å². The molecular weight excluding hydrogens is 280 g/mol. The van der Waals surface area contributed by atoms with E-state index < -0.39 is 0 Å². The monoisotopic (exact) mass is 312 g/mol. The van der Waals surface area contributed by atoms with Crippen LogP contribution in [0, 0.1) is 11.8 Å². The van der Waals surface area contributed by atoms with Crippen molar-refractivity contribution in [1.82, 2.24) is 10.3 Å². The molecule has 0 bridgehead atoms. The van der Waals surface area contributed by atoms with Crippen LogP contribution in [0.15, 0.2) is 5.38 Å². The van der Waals surface area contributed by atoms with Gasteiger partial charge in [0.1, 0.15) is 5.01 Å². The molecule has 0 aliphatic heterocycles. The van der Waals surface area contributed by atoms with Crippen molar-refractivity contribution in [3.05, 3.63) is 16.1 Å². The first kappa shape index (κ1) is 18.6. The fourth-order valence-corrected chi connectivity index (χ4v) is 2.94. The Labute approximate surface area is 134 Å². The van der Waals surface area contributed by atoms with Gasteiger partial charge in [0, 0.05) is 18.5 Å². The number of hydrogen-bond donors (Lipinski definition) is 1. The maximum Gasteiger partial charge on any atom is 0.107 e. The molecule has 3 nitrogen and oxygen atoms in total. The Morgan fingerprint density at radius 1 is 1.33 bits per heavy atom. The Balaban J connectivity index is 2.21. The van der Waals surface area contributed by atoms with Gasteiger partial charge in [-0.25, -0.2) is 4.98 Å². The van der Waals surface area contributed by atoms with Gasteiger partial charge in [-0.1, -0.05) is 47.0 Å². The van der Waals surface area contributed by atoms with Crippen LogP contribution < -0.4 is 5.32 Å². The molecule has 1 rings (SSSR count). The molecule has 1 unspecified atom stereocenters. The van der Waals surface area contributed by atoms with Gasteiger partial charge in [0.15, 0.2) is 0 Å². The number of aromatic nitrogens is 1. The van der Waals surface area contributed by atoms with Crippen LogP contribution in [0.4, 0.5) is 0 Å². The summed E-state index contributed by atoms with van der Waals surface area (Å²) in [6.45, 7) is 12.4. The standard InChI is InChI=1S/C17H32N2OS/c1-5-7-8-15(6-2)11-20-12-16-13-21-17(19-16)10-18-9-14(3)4/h13-15,18H,5-12H2,1-4H3. The van der Waals surface area contributed by atoms with Crippen LogP contribution in [0.3, 0.4) is 0 Å². The normalized spacial score (nSPS) is 13.0. The molecule has 0 spiro atoms. The molecule has 0 aliphatic rings. The summed E-state index contributed by atoms with van der Waals surface area (Å²) in [6, 6.07) is 0. The lowest BCUT2D eigenvalue weighted by Crippen LogP contribution is -2.18. The number of unbranched alkanes of at least 4 members (excludes halogenated alkanes) is 1. The van der Waals surface area contributed by atoms with E-state index in [2.05, 4.69) is 43.4 Å². The van der Waals surface area contributed by atoms with E-state index in [1.807, 2.05) is 0 Å². The molecule has 4 heteroatoms. The van der Waals surface area contributed by atoms with Crippen LogP contribution in [0.25, 0.3) is 0 Å². The van der Waals surface area contributed by atoms with Gasteiger partial charge in [-0.15, -0.1) is 11.3 Å². The van der Waals surface area contributed by atoms with E-state index in [1.54, 1.807) is 11.3 Å². The van der Waals surface area contributed by atoms with Crippen LogP contribution in [-0.2, 0) is 17.9 Å². The summed E-state index contributed by atoms with van der Waals surface area (Å²) in [5.74, 6) is 1.39. The summed E-state index contributed by atoms with van der Waals surface area (Å²) < 4.78 is 5.85. The largest absolute Gasteiger partial charge is 0.375 e. The second-order valence-corrected chi connectivity index (χ2v) is 7.13. The zero-order chi connectivity index (χ0) is 15.5. The quantitative estimate of drug-likeness (QED) is 0.611. The van der Waals surface area contributed by atoms with Crippen LogP contribution in [0.5, 0.6) is 0 Å². The van der Waals surface area contributed by atoms with E-state index in [4.69, 9.17) is 4.74 Å².